The molecule has 0 radical (unpaired) electrons. The molecule has 4 N–H and O–H groups in total. The molecule has 8 heteroatoms. The highest BCUT2D eigenvalue weighted by molar-refractivity contribution is 5.94. The van der Waals surface area contributed by atoms with Crippen molar-refractivity contribution in [2.75, 3.05) is 37.9 Å². The third kappa shape index (κ3) is 2.82. The van der Waals surface area contributed by atoms with Crippen LogP contribution in [0.1, 0.15) is 10.5 Å². The molecule has 0 saturated carbocycles. The van der Waals surface area contributed by atoms with Gasteiger partial charge in [0.15, 0.2) is 0 Å². The van der Waals surface area contributed by atoms with Gasteiger partial charge < -0.3 is 20.3 Å². The number of hydrogen-bond donors (Lipinski definition) is 4. The summed E-state index contributed by atoms with van der Waals surface area (Å²) in [6.45, 7) is 4.19. The number of hydrazine groups is 2. The number of carboxylic acids is 1. The molecular formula is C16H19N5O3. The second-order valence-corrected chi connectivity index (χ2v) is 5.88. The van der Waals surface area contributed by atoms with Gasteiger partial charge in [0, 0.05) is 36.7 Å². The number of hydrogen-bond acceptors (Lipinski definition) is 6. The van der Waals surface area contributed by atoms with Gasteiger partial charge in [0.25, 0.3) is 0 Å². The van der Waals surface area contributed by atoms with Crippen molar-refractivity contribution < 1.29 is 14.6 Å². The molecule has 3 heterocycles. The number of carboxylic acid groups (broad SMARTS) is 1. The van der Waals surface area contributed by atoms with E-state index in [9.17, 15) is 4.79 Å². The second-order valence-electron chi connectivity index (χ2n) is 5.88. The number of rotatable bonds is 4. The Morgan fingerprint density at radius 1 is 1.25 bits per heavy atom. The van der Waals surface area contributed by atoms with E-state index >= 15 is 0 Å². The number of anilines is 1. The molecule has 0 aliphatic carbocycles. The van der Waals surface area contributed by atoms with Gasteiger partial charge in [-0.05, 0) is 24.3 Å². The van der Waals surface area contributed by atoms with Crippen molar-refractivity contribution in [2.24, 2.45) is 0 Å². The molecule has 1 aromatic heterocycles. The molecule has 2 aromatic rings. The summed E-state index contributed by atoms with van der Waals surface area (Å²) in [7, 11) is 0. The Kier molecular flexibility index (Phi) is 3.85. The molecule has 2 aliphatic heterocycles. The fourth-order valence-electron chi connectivity index (χ4n) is 3.03. The smallest absolute Gasteiger partial charge is 0.352 e. The van der Waals surface area contributed by atoms with Crippen LogP contribution in [-0.2, 0) is 4.74 Å². The van der Waals surface area contributed by atoms with Crippen LogP contribution in [0.2, 0.25) is 0 Å². The summed E-state index contributed by atoms with van der Waals surface area (Å²) in [4.78, 5) is 16.3. The number of benzene rings is 1. The van der Waals surface area contributed by atoms with Gasteiger partial charge in [0.1, 0.15) is 5.69 Å². The Bertz CT molecular complexity index is 794. The lowest BCUT2D eigenvalue weighted by molar-refractivity contribution is 0.0420. The minimum absolute atomic E-state index is 0.193. The van der Waals surface area contributed by atoms with E-state index in [1.54, 1.807) is 6.07 Å². The Morgan fingerprint density at radius 3 is 2.88 bits per heavy atom. The van der Waals surface area contributed by atoms with Crippen LogP contribution in [0.5, 0.6) is 0 Å². The molecule has 0 spiro atoms. The molecular weight excluding hydrogens is 310 g/mol. The van der Waals surface area contributed by atoms with Crippen molar-refractivity contribution in [3.05, 3.63) is 41.9 Å². The third-order valence-electron chi connectivity index (χ3n) is 4.28. The van der Waals surface area contributed by atoms with E-state index in [1.807, 2.05) is 29.4 Å². The minimum Gasteiger partial charge on any atom is -0.477 e. The van der Waals surface area contributed by atoms with Crippen molar-refractivity contribution in [1.82, 2.24) is 20.8 Å². The van der Waals surface area contributed by atoms with Crippen LogP contribution in [-0.4, -0.2) is 53.8 Å². The quantitative estimate of drug-likeness (QED) is 0.661. The number of ether oxygens (including phenoxy) is 1. The van der Waals surface area contributed by atoms with Crippen molar-refractivity contribution >= 4 is 22.6 Å². The Hall–Kier alpha value is -2.55. The first-order valence-corrected chi connectivity index (χ1v) is 7.87. The van der Waals surface area contributed by atoms with Crippen LogP contribution in [0.25, 0.3) is 10.9 Å². The highest BCUT2D eigenvalue weighted by Crippen LogP contribution is 2.25. The molecule has 0 amide bonds. The lowest BCUT2D eigenvalue weighted by Gasteiger charge is -2.29. The van der Waals surface area contributed by atoms with Gasteiger partial charge in [0.05, 0.1) is 24.6 Å². The first-order valence-electron chi connectivity index (χ1n) is 7.87. The van der Waals surface area contributed by atoms with Crippen molar-refractivity contribution in [1.29, 1.82) is 0 Å². The van der Waals surface area contributed by atoms with E-state index in [0.29, 0.717) is 0 Å². The van der Waals surface area contributed by atoms with Gasteiger partial charge in [0.2, 0.25) is 0 Å². The molecule has 4 rings (SSSR count). The summed E-state index contributed by atoms with van der Waals surface area (Å²) >= 11 is 0. The fraction of sp³-hybridized carbons (Fsp3) is 0.312. The maximum Gasteiger partial charge on any atom is 0.352 e. The van der Waals surface area contributed by atoms with E-state index in [0.717, 1.165) is 55.1 Å². The number of nitrogens with one attached hydrogen (secondary N) is 3. The number of carbonyl (C=O) groups is 1. The van der Waals surface area contributed by atoms with Crippen molar-refractivity contribution in [3.63, 3.8) is 0 Å². The predicted octanol–water partition coefficient (Wildman–Crippen LogP) is 0.869. The molecule has 1 saturated heterocycles. The second kappa shape index (κ2) is 6.16. The molecule has 24 heavy (non-hydrogen) atoms. The number of aromatic carboxylic acids is 1. The average Bonchev–Trinajstić information content (AvgIpc) is 3.21. The summed E-state index contributed by atoms with van der Waals surface area (Å²) in [5.74, 6) is -0.957. The van der Waals surface area contributed by atoms with E-state index in [1.165, 1.54) is 0 Å². The van der Waals surface area contributed by atoms with Gasteiger partial charge in [-0.2, -0.15) is 0 Å². The van der Waals surface area contributed by atoms with E-state index in [4.69, 9.17) is 9.84 Å². The van der Waals surface area contributed by atoms with Crippen LogP contribution in [0, 0.1) is 0 Å². The first kappa shape index (κ1) is 15.0. The van der Waals surface area contributed by atoms with Gasteiger partial charge >= 0.3 is 5.97 Å². The Morgan fingerprint density at radius 2 is 2.08 bits per heavy atom. The van der Waals surface area contributed by atoms with Crippen LogP contribution in [0.4, 0.5) is 5.69 Å². The number of fused-ring (bicyclic) bond motifs is 1. The number of nitrogens with zero attached hydrogens (tertiary/aromatic N) is 2. The standard InChI is InChI=1S/C16H19N5O3/c22-16(23)15-8-11-7-12(1-2-14(11)18-15)21-13(9-17-19-21)10-20-3-5-24-6-4-20/h1-2,7-9,17-19H,3-6,10H2,(H,22,23). The Balaban J connectivity index is 1.56. The summed E-state index contributed by atoms with van der Waals surface area (Å²) in [5, 5.41) is 11.9. The van der Waals surface area contributed by atoms with E-state index < -0.39 is 5.97 Å². The molecule has 8 nitrogen and oxygen atoms in total. The fourth-order valence-corrected chi connectivity index (χ4v) is 3.03. The zero-order valence-corrected chi connectivity index (χ0v) is 13.1. The van der Waals surface area contributed by atoms with Gasteiger partial charge in [-0.15, -0.1) is 5.53 Å². The van der Waals surface area contributed by atoms with Crippen molar-refractivity contribution in [3.8, 4) is 0 Å². The molecule has 126 valence electrons. The third-order valence-corrected chi connectivity index (χ3v) is 4.28. The lowest BCUT2D eigenvalue weighted by atomic mass is 10.2. The molecule has 1 fully saturated rings. The van der Waals surface area contributed by atoms with E-state index in [2.05, 4.69) is 20.8 Å². The van der Waals surface area contributed by atoms with Gasteiger partial charge in [-0.1, -0.05) is 0 Å². The maximum atomic E-state index is 11.1. The number of aromatic nitrogens is 1. The highest BCUT2D eigenvalue weighted by Gasteiger charge is 2.21. The summed E-state index contributed by atoms with van der Waals surface area (Å²) in [6.07, 6.45) is 1.94. The minimum atomic E-state index is -0.957. The van der Waals surface area contributed by atoms with E-state index in [-0.39, 0.29) is 5.69 Å². The first-order chi connectivity index (χ1) is 11.7. The van der Waals surface area contributed by atoms with Crippen LogP contribution in [0.15, 0.2) is 36.2 Å². The zero-order valence-electron chi connectivity index (χ0n) is 13.1. The Labute approximate surface area is 138 Å². The maximum absolute atomic E-state index is 11.1. The molecule has 2 aliphatic rings. The van der Waals surface area contributed by atoms with Crippen LogP contribution < -0.4 is 16.0 Å². The SMILES string of the molecule is O=C(O)c1cc2cc(N3NNC=C3CN3CCOCC3)ccc2[nH]1. The summed E-state index contributed by atoms with van der Waals surface area (Å²) in [6, 6.07) is 7.46. The summed E-state index contributed by atoms with van der Waals surface area (Å²) in [5.41, 5.74) is 9.20. The largest absolute Gasteiger partial charge is 0.477 e. The lowest BCUT2D eigenvalue weighted by Crippen LogP contribution is -2.43. The predicted molar refractivity (Wildman–Crippen MR) is 89.4 cm³/mol. The number of H-pyrrole nitrogens is 1. The molecule has 0 bridgehead atoms. The van der Waals surface area contributed by atoms with Gasteiger partial charge in [-0.25, -0.2) is 4.79 Å². The number of morpholine rings is 1. The van der Waals surface area contributed by atoms with Crippen LogP contribution in [0.3, 0.4) is 0 Å². The number of aromatic amines is 1. The normalized spacial score (nSPS) is 18.7. The van der Waals surface area contributed by atoms with Gasteiger partial charge in [-0.3, -0.25) is 9.91 Å². The zero-order chi connectivity index (χ0) is 16.5. The average molecular weight is 329 g/mol. The molecule has 0 atom stereocenters. The topological polar surface area (TPSA) is 92.9 Å². The van der Waals surface area contributed by atoms with Crippen molar-refractivity contribution in [2.45, 2.75) is 0 Å². The summed E-state index contributed by atoms with van der Waals surface area (Å²) < 4.78 is 5.39. The van der Waals surface area contributed by atoms with Crippen LogP contribution >= 0.6 is 0 Å². The molecule has 0 unspecified atom stereocenters. The highest BCUT2D eigenvalue weighted by atomic mass is 16.5. The monoisotopic (exact) mass is 329 g/mol. The molecule has 1 aromatic carbocycles.